The number of halogens is 3. The summed E-state index contributed by atoms with van der Waals surface area (Å²) in [4.78, 5) is 7.45. The summed E-state index contributed by atoms with van der Waals surface area (Å²) in [5, 5.41) is 0. The highest BCUT2D eigenvalue weighted by molar-refractivity contribution is 5.68. The maximum absolute atomic E-state index is 13.2. The van der Waals surface area contributed by atoms with Crippen molar-refractivity contribution >= 4 is 5.65 Å². The second kappa shape index (κ2) is 8.44. The summed E-state index contributed by atoms with van der Waals surface area (Å²) >= 11 is 0. The lowest BCUT2D eigenvalue weighted by molar-refractivity contribution is -0.244. The van der Waals surface area contributed by atoms with E-state index in [9.17, 15) is 13.2 Å². The summed E-state index contributed by atoms with van der Waals surface area (Å²) in [7, 11) is 0. The van der Waals surface area contributed by atoms with Crippen molar-refractivity contribution in [2.75, 3.05) is 26.2 Å². The lowest BCUT2D eigenvalue weighted by atomic mass is 10.1. The third kappa shape index (κ3) is 4.16. The quantitative estimate of drug-likeness (QED) is 0.404. The summed E-state index contributed by atoms with van der Waals surface area (Å²) in [6, 6.07) is 17.7. The van der Waals surface area contributed by atoms with Crippen molar-refractivity contribution in [2.45, 2.75) is 19.3 Å². The Bertz CT molecular complexity index is 1190. The predicted octanol–water partition coefficient (Wildman–Crippen LogP) is 5.29. The van der Waals surface area contributed by atoms with Gasteiger partial charge in [-0.15, -0.1) is 0 Å². The van der Waals surface area contributed by atoms with Crippen molar-refractivity contribution in [1.82, 2.24) is 19.2 Å². The van der Waals surface area contributed by atoms with Crippen LogP contribution in [0.1, 0.15) is 12.1 Å². The molecule has 0 aliphatic carbocycles. The van der Waals surface area contributed by atoms with E-state index in [1.54, 1.807) is 6.26 Å². The number of aromatic nitrogens is 2. The molecule has 0 bridgehead atoms. The molecule has 1 aromatic carbocycles. The van der Waals surface area contributed by atoms with Crippen molar-refractivity contribution in [1.29, 1.82) is 0 Å². The third-order valence-electron chi connectivity index (χ3n) is 5.90. The summed E-state index contributed by atoms with van der Waals surface area (Å²) in [5.41, 5.74) is 4.54. The summed E-state index contributed by atoms with van der Waals surface area (Å²) in [6.07, 6.45) is -0.185. The van der Waals surface area contributed by atoms with Crippen LogP contribution < -0.4 is 0 Å². The summed E-state index contributed by atoms with van der Waals surface area (Å²) in [6.45, 7) is 1.40. The number of nitrogens with zero attached hydrogens (tertiary/aromatic N) is 4. The van der Waals surface area contributed by atoms with E-state index in [1.165, 1.54) is 0 Å². The van der Waals surface area contributed by atoms with Crippen LogP contribution >= 0.6 is 0 Å². The zero-order chi connectivity index (χ0) is 22.1. The molecular weight excluding hydrogens is 417 g/mol. The average Bonchev–Trinajstić information content (AvgIpc) is 3.36. The number of rotatable bonds is 4. The van der Waals surface area contributed by atoms with Gasteiger partial charge in [0.1, 0.15) is 11.3 Å². The number of hydrogen-bond acceptors (Lipinski definition) is 4. The molecule has 0 saturated carbocycles. The van der Waals surface area contributed by atoms with Crippen LogP contribution in [0.25, 0.3) is 28.2 Å². The lowest BCUT2D eigenvalue weighted by Gasteiger charge is -2.23. The van der Waals surface area contributed by atoms with Crippen LogP contribution in [0.5, 0.6) is 0 Å². The van der Waals surface area contributed by atoms with Gasteiger partial charge < -0.3 is 8.82 Å². The van der Waals surface area contributed by atoms with Crippen LogP contribution in [-0.4, -0.2) is 51.7 Å². The number of alkyl halides is 3. The maximum Gasteiger partial charge on any atom is 0.459 e. The Morgan fingerprint density at radius 2 is 1.72 bits per heavy atom. The Morgan fingerprint density at radius 1 is 0.875 bits per heavy atom. The van der Waals surface area contributed by atoms with Gasteiger partial charge in [-0.1, -0.05) is 30.3 Å². The minimum absolute atomic E-state index is 0.0242. The molecule has 1 fully saturated rings. The summed E-state index contributed by atoms with van der Waals surface area (Å²) in [5.74, 6) is 0.650. The number of pyridine rings is 1. The Hall–Kier alpha value is -3.10. The fraction of sp³-hybridized carbons (Fsp3) is 0.292. The number of furan rings is 1. The van der Waals surface area contributed by atoms with E-state index in [-0.39, 0.29) is 13.1 Å². The first-order valence-electron chi connectivity index (χ1n) is 10.6. The Balaban J connectivity index is 1.52. The lowest BCUT2D eigenvalue weighted by Crippen LogP contribution is -2.40. The predicted molar refractivity (Wildman–Crippen MR) is 116 cm³/mol. The Labute approximate surface area is 183 Å². The van der Waals surface area contributed by atoms with Crippen molar-refractivity contribution < 1.29 is 17.6 Å². The molecule has 166 valence electrons. The van der Waals surface area contributed by atoms with Gasteiger partial charge in [0.25, 0.3) is 0 Å². The van der Waals surface area contributed by atoms with E-state index >= 15 is 0 Å². The molecule has 5 nitrogen and oxygen atoms in total. The van der Waals surface area contributed by atoms with Crippen molar-refractivity contribution in [3.63, 3.8) is 0 Å². The second-order valence-electron chi connectivity index (χ2n) is 7.98. The molecule has 32 heavy (non-hydrogen) atoms. The minimum atomic E-state index is -4.29. The smallest absolute Gasteiger partial charge is 0.459 e. The number of benzene rings is 1. The topological polar surface area (TPSA) is 36.9 Å². The van der Waals surface area contributed by atoms with E-state index in [4.69, 9.17) is 9.40 Å². The van der Waals surface area contributed by atoms with Gasteiger partial charge >= 0.3 is 6.30 Å². The maximum atomic E-state index is 13.2. The third-order valence-corrected chi connectivity index (χ3v) is 5.90. The van der Waals surface area contributed by atoms with Crippen LogP contribution in [0.4, 0.5) is 13.2 Å². The molecule has 0 atom stereocenters. The van der Waals surface area contributed by atoms with Crippen LogP contribution in [0, 0.1) is 0 Å². The molecule has 1 saturated heterocycles. The molecule has 0 unspecified atom stereocenters. The largest absolute Gasteiger partial charge is 0.463 e. The second-order valence-corrected chi connectivity index (χ2v) is 7.98. The van der Waals surface area contributed by atoms with Crippen LogP contribution in [0.3, 0.4) is 0 Å². The van der Waals surface area contributed by atoms with E-state index in [1.807, 2.05) is 65.2 Å². The normalized spacial score (nSPS) is 16.5. The van der Waals surface area contributed by atoms with Gasteiger partial charge in [0.15, 0.2) is 5.76 Å². The first-order chi connectivity index (χ1) is 15.5. The minimum Gasteiger partial charge on any atom is -0.463 e. The molecule has 0 amide bonds. The first-order valence-corrected chi connectivity index (χ1v) is 10.6. The fourth-order valence-electron chi connectivity index (χ4n) is 4.25. The van der Waals surface area contributed by atoms with E-state index in [2.05, 4.69) is 4.90 Å². The molecule has 3 aromatic heterocycles. The molecular formula is C24H23F3N4O. The van der Waals surface area contributed by atoms with Gasteiger partial charge in [0, 0.05) is 32.4 Å². The van der Waals surface area contributed by atoms with Crippen LogP contribution in [0.2, 0.25) is 0 Å². The molecule has 5 rings (SSSR count). The van der Waals surface area contributed by atoms with Gasteiger partial charge in [-0.3, -0.25) is 4.90 Å². The Kier molecular flexibility index (Phi) is 5.48. The zero-order valence-electron chi connectivity index (χ0n) is 17.4. The van der Waals surface area contributed by atoms with E-state index < -0.39 is 6.30 Å². The van der Waals surface area contributed by atoms with Crippen molar-refractivity contribution in [3.8, 4) is 22.6 Å². The first kappa shape index (κ1) is 20.8. The van der Waals surface area contributed by atoms with Gasteiger partial charge in [0.2, 0.25) is 0 Å². The SMILES string of the molecule is FC(F)(F)N1CCCN(Cc2c(-c3ccco3)nc3ccc(-c4ccccc4)cn23)CC1. The summed E-state index contributed by atoms with van der Waals surface area (Å²) < 4.78 is 47.2. The highest BCUT2D eigenvalue weighted by Crippen LogP contribution is 2.29. The van der Waals surface area contributed by atoms with Crippen LogP contribution in [0.15, 0.2) is 71.5 Å². The Morgan fingerprint density at radius 3 is 2.47 bits per heavy atom. The molecule has 0 radical (unpaired) electrons. The highest BCUT2D eigenvalue weighted by Gasteiger charge is 2.37. The highest BCUT2D eigenvalue weighted by atomic mass is 19.4. The number of fused-ring (bicyclic) bond motifs is 1. The van der Waals surface area contributed by atoms with Gasteiger partial charge in [-0.25, -0.2) is 9.88 Å². The van der Waals surface area contributed by atoms with Crippen LogP contribution in [-0.2, 0) is 6.54 Å². The van der Waals surface area contributed by atoms with Gasteiger partial charge in [0.05, 0.1) is 12.0 Å². The average molecular weight is 440 g/mol. The fourth-order valence-corrected chi connectivity index (χ4v) is 4.25. The zero-order valence-corrected chi connectivity index (χ0v) is 17.4. The van der Waals surface area contributed by atoms with Gasteiger partial charge in [-0.05, 0) is 48.4 Å². The molecule has 4 aromatic rings. The van der Waals surface area contributed by atoms with E-state index in [0.717, 1.165) is 28.2 Å². The molecule has 0 N–H and O–H groups in total. The van der Waals surface area contributed by atoms with Crippen molar-refractivity contribution in [2.24, 2.45) is 0 Å². The molecule has 1 aliphatic heterocycles. The van der Waals surface area contributed by atoms with Gasteiger partial charge in [-0.2, -0.15) is 13.2 Å². The molecule has 4 heterocycles. The molecule has 1 aliphatic rings. The number of imidazole rings is 1. The van der Waals surface area contributed by atoms with E-state index in [0.29, 0.717) is 36.7 Å². The monoisotopic (exact) mass is 440 g/mol. The molecule has 8 heteroatoms. The molecule has 0 spiro atoms. The standard InChI is InChI=1S/C24H23F3N4O/c25-24(26,27)30-12-5-11-29(13-14-30)17-20-23(21-8-4-15-32-21)28-22-10-9-19(16-31(20)22)18-6-2-1-3-7-18/h1-4,6-10,15-16H,5,11-14,17H2. The van der Waals surface area contributed by atoms with Crippen molar-refractivity contribution in [3.05, 3.63) is 72.8 Å². The number of hydrogen-bond donors (Lipinski definition) is 0.